The quantitative estimate of drug-likeness (QED) is 0.831. The number of amides is 1. The van der Waals surface area contributed by atoms with E-state index < -0.39 is 11.4 Å². The van der Waals surface area contributed by atoms with Crippen molar-refractivity contribution in [1.29, 1.82) is 0 Å². The number of likely N-dealkylation sites (tertiary alicyclic amines) is 1. The number of hydrogen-bond acceptors (Lipinski definition) is 3. The molecular weight excluding hydrogens is 268 g/mol. The molecule has 2 atom stereocenters. The van der Waals surface area contributed by atoms with Crippen molar-refractivity contribution in [2.75, 3.05) is 13.1 Å². The van der Waals surface area contributed by atoms with Gasteiger partial charge in [0.25, 0.3) is 0 Å². The predicted molar refractivity (Wildman–Crippen MR) is 80.7 cm³/mol. The van der Waals surface area contributed by atoms with Gasteiger partial charge in [-0.1, -0.05) is 19.8 Å². The first-order chi connectivity index (χ1) is 9.98. The maximum Gasteiger partial charge on any atom is 0.309 e. The van der Waals surface area contributed by atoms with Crippen molar-refractivity contribution < 1.29 is 14.7 Å². The van der Waals surface area contributed by atoms with Crippen molar-refractivity contribution >= 4 is 11.9 Å². The van der Waals surface area contributed by atoms with Crippen LogP contribution in [-0.2, 0) is 9.59 Å². The van der Waals surface area contributed by atoms with Crippen LogP contribution in [0, 0.1) is 11.3 Å². The van der Waals surface area contributed by atoms with E-state index >= 15 is 0 Å². The number of carbonyl (C=O) groups is 2. The lowest BCUT2D eigenvalue weighted by molar-refractivity contribution is -0.156. The van der Waals surface area contributed by atoms with E-state index in [1.54, 1.807) is 0 Å². The van der Waals surface area contributed by atoms with Gasteiger partial charge >= 0.3 is 5.97 Å². The summed E-state index contributed by atoms with van der Waals surface area (Å²) >= 11 is 0. The molecule has 0 radical (unpaired) electrons. The van der Waals surface area contributed by atoms with E-state index in [1.807, 2.05) is 11.8 Å². The van der Waals surface area contributed by atoms with Gasteiger partial charge in [-0.25, -0.2) is 0 Å². The molecule has 1 heterocycles. The SMILES string of the molecule is CCCC1(C(=O)O)CCN(C(=O)C2CCCC(N)C2)CC1. The Labute approximate surface area is 126 Å². The average molecular weight is 296 g/mol. The molecule has 2 unspecified atom stereocenters. The van der Waals surface area contributed by atoms with E-state index in [9.17, 15) is 14.7 Å². The molecule has 21 heavy (non-hydrogen) atoms. The van der Waals surface area contributed by atoms with Crippen molar-refractivity contribution in [2.45, 2.75) is 64.3 Å². The summed E-state index contributed by atoms with van der Waals surface area (Å²) in [7, 11) is 0. The third-order valence-corrected chi connectivity index (χ3v) is 5.28. The highest BCUT2D eigenvalue weighted by molar-refractivity contribution is 5.80. The molecule has 1 aliphatic heterocycles. The fourth-order valence-corrected chi connectivity index (χ4v) is 3.91. The molecule has 0 aromatic carbocycles. The zero-order valence-electron chi connectivity index (χ0n) is 13.0. The predicted octanol–water partition coefficient (Wildman–Crippen LogP) is 2.00. The van der Waals surface area contributed by atoms with Crippen molar-refractivity contribution in [3.63, 3.8) is 0 Å². The van der Waals surface area contributed by atoms with E-state index in [-0.39, 0.29) is 17.9 Å². The molecule has 0 aromatic rings. The van der Waals surface area contributed by atoms with Crippen LogP contribution in [0.25, 0.3) is 0 Å². The van der Waals surface area contributed by atoms with E-state index in [0.717, 1.165) is 32.1 Å². The summed E-state index contributed by atoms with van der Waals surface area (Å²) in [5.41, 5.74) is 5.35. The molecule has 5 heteroatoms. The molecule has 0 aromatic heterocycles. The first-order valence-corrected chi connectivity index (χ1v) is 8.26. The standard InChI is InChI=1S/C16H28N2O3/c1-2-6-16(15(20)21)7-9-18(10-8-16)14(19)12-4-3-5-13(17)11-12/h12-13H,2-11,17H2,1H3,(H,20,21). The van der Waals surface area contributed by atoms with Crippen LogP contribution >= 0.6 is 0 Å². The highest BCUT2D eigenvalue weighted by Crippen LogP contribution is 2.37. The number of rotatable bonds is 4. The molecule has 2 aliphatic rings. The Kier molecular flexibility index (Phi) is 5.25. The average Bonchev–Trinajstić information content (AvgIpc) is 2.47. The topological polar surface area (TPSA) is 83.6 Å². The van der Waals surface area contributed by atoms with Gasteiger partial charge in [0, 0.05) is 25.0 Å². The van der Waals surface area contributed by atoms with E-state index in [4.69, 9.17) is 5.73 Å². The minimum absolute atomic E-state index is 0.0530. The van der Waals surface area contributed by atoms with E-state index in [2.05, 4.69) is 0 Å². The Hall–Kier alpha value is -1.10. The van der Waals surface area contributed by atoms with Crippen LogP contribution in [-0.4, -0.2) is 41.0 Å². The van der Waals surface area contributed by atoms with Crippen molar-refractivity contribution in [2.24, 2.45) is 17.1 Å². The van der Waals surface area contributed by atoms with Crippen LogP contribution < -0.4 is 5.73 Å². The molecule has 2 rings (SSSR count). The lowest BCUT2D eigenvalue weighted by Gasteiger charge is -2.40. The van der Waals surface area contributed by atoms with Gasteiger partial charge in [-0.2, -0.15) is 0 Å². The second kappa shape index (κ2) is 6.77. The van der Waals surface area contributed by atoms with Crippen LogP contribution in [0.1, 0.15) is 58.3 Å². The highest BCUT2D eigenvalue weighted by Gasteiger charge is 2.42. The van der Waals surface area contributed by atoms with Crippen LogP contribution in [0.15, 0.2) is 0 Å². The molecule has 5 nitrogen and oxygen atoms in total. The number of hydrogen-bond donors (Lipinski definition) is 2. The smallest absolute Gasteiger partial charge is 0.309 e. The summed E-state index contributed by atoms with van der Waals surface area (Å²) in [4.78, 5) is 26.0. The van der Waals surface area contributed by atoms with E-state index in [1.165, 1.54) is 0 Å². The van der Waals surface area contributed by atoms with Gasteiger partial charge in [0.15, 0.2) is 0 Å². The largest absolute Gasteiger partial charge is 0.481 e. The summed E-state index contributed by atoms with van der Waals surface area (Å²) in [5, 5.41) is 9.51. The van der Waals surface area contributed by atoms with Crippen molar-refractivity contribution in [1.82, 2.24) is 4.90 Å². The van der Waals surface area contributed by atoms with Gasteiger partial charge in [0.2, 0.25) is 5.91 Å². The molecule has 120 valence electrons. The molecule has 2 fully saturated rings. The Morgan fingerprint density at radius 2 is 1.95 bits per heavy atom. The van der Waals surface area contributed by atoms with Gasteiger partial charge in [0.1, 0.15) is 0 Å². The lowest BCUT2D eigenvalue weighted by Crippen LogP contribution is -2.49. The number of nitrogens with zero attached hydrogens (tertiary/aromatic N) is 1. The fraction of sp³-hybridized carbons (Fsp3) is 0.875. The second-order valence-corrected chi connectivity index (χ2v) is 6.78. The Morgan fingerprint density at radius 3 is 2.48 bits per heavy atom. The number of carbonyl (C=O) groups excluding carboxylic acids is 1. The monoisotopic (exact) mass is 296 g/mol. The summed E-state index contributed by atoms with van der Waals surface area (Å²) < 4.78 is 0. The van der Waals surface area contributed by atoms with Gasteiger partial charge < -0.3 is 15.7 Å². The maximum atomic E-state index is 12.6. The van der Waals surface area contributed by atoms with Crippen molar-refractivity contribution in [3.05, 3.63) is 0 Å². The molecule has 1 amide bonds. The van der Waals surface area contributed by atoms with Crippen molar-refractivity contribution in [3.8, 4) is 0 Å². The Bertz CT molecular complexity index is 389. The van der Waals surface area contributed by atoms with Gasteiger partial charge in [-0.05, 0) is 38.5 Å². The number of carboxylic acid groups (broad SMARTS) is 1. The summed E-state index contributed by atoms with van der Waals surface area (Å²) in [6, 6.07) is 0.149. The maximum absolute atomic E-state index is 12.6. The molecule has 0 bridgehead atoms. The normalized spacial score (nSPS) is 29.1. The highest BCUT2D eigenvalue weighted by atomic mass is 16.4. The molecule has 1 saturated heterocycles. The van der Waals surface area contributed by atoms with Crippen LogP contribution in [0.5, 0.6) is 0 Å². The minimum atomic E-state index is -0.698. The molecule has 1 aliphatic carbocycles. The van der Waals surface area contributed by atoms with Gasteiger partial charge in [-0.15, -0.1) is 0 Å². The minimum Gasteiger partial charge on any atom is -0.481 e. The van der Waals surface area contributed by atoms with E-state index in [0.29, 0.717) is 32.4 Å². The van der Waals surface area contributed by atoms with Crippen LogP contribution in [0.3, 0.4) is 0 Å². The Balaban J connectivity index is 1.93. The first kappa shape index (κ1) is 16.3. The second-order valence-electron chi connectivity index (χ2n) is 6.78. The van der Waals surface area contributed by atoms with Crippen LogP contribution in [0.4, 0.5) is 0 Å². The van der Waals surface area contributed by atoms with Gasteiger partial charge in [-0.3, -0.25) is 9.59 Å². The Morgan fingerprint density at radius 1 is 1.29 bits per heavy atom. The molecule has 0 spiro atoms. The summed E-state index contributed by atoms with van der Waals surface area (Å²) in [6.45, 7) is 3.18. The lowest BCUT2D eigenvalue weighted by atomic mass is 9.74. The molecule has 3 N–H and O–H groups in total. The molecular formula is C16H28N2O3. The molecule has 1 saturated carbocycles. The zero-order chi connectivity index (χ0) is 15.5. The third kappa shape index (κ3) is 3.57. The summed E-state index contributed by atoms with van der Waals surface area (Å²) in [6.07, 6.45) is 6.51. The summed E-state index contributed by atoms with van der Waals surface area (Å²) in [5.74, 6) is -0.450. The number of aliphatic carboxylic acids is 1. The zero-order valence-corrected chi connectivity index (χ0v) is 13.0. The number of nitrogens with two attached hydrogens (primary N) is 1. The third-order valence-electron chi connectivity index (χ3n) is 5.28. The van der Waals surface area contributed by atoms with Gasteiger partial charge in [0.05, 0.1) is 5.41 Å². The first-order valence-electron chi connectivity index (χ1n) is 8.26. The van der Waals surface area contributed by atoms with Crippen LogP contribution in [0.2, 0.25) is 0 Å². The number of carboxylic acids is 1. The number of piperidine rings is 1. The fourth-order valence-electron chi connectivity index (χ4n) is 3.91.